The van der Waals surface area contributed by atoms with Gasteiger partial charge in [0.15, 0.2) is 5.79 Å². The Kier molecular flexibility index (Phi) is 4.44. The fourth-order valence-electron chi connectivity index (χ4n) is 9.52. The Morgan fingerprint density at radius 3 is 2.63 bits per heavy atom. The van der Waals surface area contributed by atoms with Gasteiger partial charge in [-0.05, 0) is 91.8 Å². The zero-order valence-corrected chi connectivity index (χ0v) is 19.5. The number of hydrogen-bond acceptors (Lipinski definition) is 3. The van der Waals surface area contributed by atoms with Crippen molar-refractivity contribution in [1.82, 2.24) is 0 Å². The average molecular weight is 415 g/mol. The van der Waals surface area contributed by atoms with Crippen LogP contribution in [0, 0.1) is 46.3 Å². The Morgan fingerprint density at radius 1 is 1.03 bits per heavy atom. The highest BCUT2D eigenvalue weighted by Gasteiger charge is 2.67. The molecule has 3 heteroatoms. The Labute approximate surface area is 183 Å². The number of aliphatic hydroxyl groups excluding tert-OH is 1. The second kappa shape index (κ2) is 6.58. The van der Waals surface area contributed by atoms with Gasteiger partial charge < -0.3 is 14.6 Å². The number of allylic oxidation sites excluding steroid dienone is 2. The van der Waals surface area contributed by atoms with Gasteiger partial charge in [0.05, 0.1) is 18.8 Å². The molecule has 0 amide bonds. The lowest BCUT2D eigenvalue weighted by Crippen LogP contribution is -2.50. The van der Waals surface area contributed by atoms with Crippen LogP contribution in [0.1, 0.15) is 85.5 Å². The van der Waals surface area contributed by atoms with E-state index in [9.17, 15) is 5.11 Å². The second-order valence-electron chi connectivity index (χ2n) is 12.7. The SMILES string of the molecule is CC1CCC2(OC1)OC1CC3C4CCC5C[C@@H](O)CCC5(C)C4=CCC3(C)C1C2C. The third-order valence-electron chi connectivity index (χ3n) is 11.3. The number of aliphatic hydroxyl groups is 1. The quantitative estimate of drug-likeness (QED) is 0.516. The Balaban J connectivity index is 1.30. The van der Waals surface area contributed by atoms with Crippen molar-refractivity contribution in [3.8, 4) is 0 Å². The van der Waals surface area contributed by atoms with Crippen LogP contribution in [0.5, 0.6) is 0 Å². The van der Waals surface area contributed by atoms with E-state index in [4.69, 9.17) is 9.47 Å². The summed E-state index contributed by atoms with van der Waals surface area (Å²) >= 11 is 0. The molecule has 2 aliphatic heterocycles. The normalized spacial score (nSPS) is 59.8. The lowest BCUT2D eigenvalue weighted by atomic mass is 9.48. The molecule has 2 heterocycles. The fourth-order valence-corrected chi connectivity index (χ4v) is 9.52. The van der Waals surface area contributed by atoms with Crippen LogP contribution in [0.25, 0.3) is 0 Å². The number of fused-ring (bicyclic) bond motifs is 7. The number of hydrogen-bond donors (Lipinski definition) is 1. The molecule has 6 rings (SSSR count). The van der Waals surface area contributed by atoms with Crippen molar-refractivity contribution >= 4 is 0 Å². The molecule has 5 fully saturated rings. The van der Waals surface area contributed by atoms with Gasteiger partial charge in [-0.25, -0.2) is 0 Å². The van der Waals surface area contributed by atoms with Crippen molar-refractivity contribution in [3.05, 3.63) is 11.6 Å². The zero-order chi connectivity index (χ0) is 20.9. The van der Waals surface area contributed by atoms with Gasteiger partial charge in [0.2, 0.25) is 0 Å². The number of rotatable bonds is 0. The van der Waals surface area contributed by atoms with Crippen LogP contribution in [0.3, 0.4) is 0 Å². The van der Waals surface area contributed by atoms with Crippen LogP contribution in [0.15, 0.2) is 11.6 Å². The van der Waals surface area contributed by atoms with E-state index in [1.165, 1.54) is 38.5 Å². The van der Waals surface area contributed by atoms with Gasteiger partial charge >= 0.3 is 0 Å². The lowest BCUT2D eigenvalue weighted by Gasteiger charge is -2.57. The predicted octanol–water partition coefficient (Wildman–Crippen LogP) is 5.71. The molecule has 1 N–H and O–H groups in total. The van der Waals surface area contributed by atoms with Crippen LogP contribution in [-0.2, 0) is 9.47 Å². The van der Waals surface area contributed by atoms with Crippen LogP contribution in [0.4, 0.5) is 0 Å². The molecule has 1 spiro atoms. The first-order valence-corrected chi connectivity index (χ1v) is 13.0. The standard InChI is InChI=1S/C27H42O3/c1-16-7-12-27(29-15-16)17(2)24-23(30-27)14-22-20-6-5-18-13-19(28)8-10-25(18,3)21(20)9-11-26(22,24)4/h9,16-20,22-24,28H,5-8,10-15H2,1-4H3/t16?,17?,18?,19-,20?,22?,23?,24?,25?,26?,27?/m0/s1. The largest absolute Gasteiger partial charge is 0.393 e. The van der Waals surface area contributed by atoms with Crippen molar-refractivity contribution < 1.29 is 14.6 Å². The van der Waals surface area contributed by atoms with Gasteiger partial charge in [-0.1, -0.05) is 39.3 Å². The van der Waals surface area contributed by atoms with E-state index in [1.807, 2.05) is 0 Å². The second-order valence-corrected chi connectivity index (χ2v) is 12.7. The summed E-state index contributed by atoms with van der Waals surface area (Å²) in [6.45, 7) is 10.7. The maximum absolute atomic E-state index is 10.3. The first kappa shape index (κ1) is 20.2. The minimum atomic E-state index is -0.303. The molecule has 4 aliphatic carbocycles. The molecule has 0 bridgehead atoms. The molecule has 30 heavy (non-hydrogen) atoms. The highest BCUT2D eigenvalue weighted by molar-refractivity contribution is 5.30. The molecule has 3 saturated carbocycles. The van der Waals surface area contributed by atoms with Gasteiger partial charge in [-0.3, -0.25) is 0 Å². The summed E-state index contributed by atoms with van der Waals surface area (Å²) in [5.41, 5.74) is 2.46. The predicted molar refractivity (Wildman–Crippen MR) is 118 cm³/mol. The van der Waals surface area contributed by atoms with Crippen molar-refractivity contribution in [3.63, 3.8) is 0 Å². The summed E-state index contributed by atoms with van der Waals surface area (Å²) in [6.07, 6.45) is 13.6. The molecule has 168 valence electrons. The molecular formula is C27H42O3. The molecular weight excluding hydrogens is 372 g/mol. The van der Waals surface area contributed by atoms with Crippen molar-refractivity contribution in [2.75, 3.05) is 6.61 Å². The molecule has 6 aliphatic rings. The zero-order valence-electron chi connectivity index (χ0n) is 19.5. The molecule has 0 aromatic heterocycles. The Hall–Kier alpha value is -0.380. The lowest BCUT2D eigenvalue weighted by molar-refractivity contribution is -0.272. The average Bonchev–Trinajstić information content (AvgIpc) is 3.16. The summed E-state index contributed by atoms with van der Waals surface area (Å²) in [6, 6.07) is 0. The first-order valence-electron chi connectivity index (χ1n) is 13.0. The van der Waals surface area contributed by atoms with Gasteiger partial charge in [0, 0.05) is 12.3 Å². The van der Waals surface area contributed by atoms with Crippen molar-refractivity contribution in [2.45, 2.75) is 103 Å². The van der Waals surface area contributed by atoms with E-state index < -0.39 is 0 Å². The molecule has 2 saturated heterocycles. The molecule has 10 unspecified atom stereocenters. The summed E-state index contributed by atoms with van der Waals surface area (Å²) < 4.78 is 13.3. The fraction of sp³-hybridized carbons (Fsp3) is 0.926. The Morgan fingerprint density at radius 2 is 1.87 bits per heavy atom. The van der Waals surface area contributed by atoms with E-state index in [1.54, 1.807) is 5.57 Å². The molecule has 0 aromatic carbocycles. The summed E-state index contributed by atoms with van der Waals surface area (Å²) in [5.74, 6) is 3.68. The monoisotopic (exact) mass is 414 g/mol. The third kappa shape index (κ3) is 2.55. The van der Waals surface area contributed by atoms with Crippen molar-refractivity contribution in [2.24, 2.45) is 46.3 Å². The summed E-state index contributed by atoms with van der Waals surface area (Å²) in [4.78, 5) is 0. The van der Waals surface area contributed by atoms with Crippen LogP contribution in [-0.4, -0.2) is 29.7 Å². The van der Waals surface area contributed by atoms with Gasteiger partial charge in [0.1, 0.15) is 0 Å². The number of ether oxygens (including phenoxy) is 2. The minimum Gasteiger partial charge on any atom is -0.393 e. The van der Waals surface area contributed by atoms with Crippen molar-refractivity contribution in [1.29, 1.82) is 0 Å². The first-order chi connectivity index (χ1) is 14.3. The maximum Gasteiger partial charge on any atom is 0.171 e. The summed E-state index contributed by atoms with van der Waals surface area (Å²) in [5, 5.41) is 10.3. The van der Waals surface area contributed by atoms with E-state index >= 15 is 0 Å². The van der Waals surface area contributed by atoms with Crippen LogP contribution in [0.2, 0.25) is 0 Å². The van der Waals surface area contributed by atoms with Crippen LogP contribution < -0.4 is 0 Å². The van der Waals surface area contributed by atoms with Gasteiger partial charge in [-0.15, -0.1) is 0 Å². The highest BCUT2D eigenvalue weighted by atomic mass is 16.7. The molecule has 0 aromatic rings. The van der Waals surface area contributed by atoms with E-state index in [0.717, 1.165) is 37.7 Å². The molecule has 11 atom stereocenters. The van der Waals surface area contributed by atoms with Gasteiger partial charge in [-0.2, -0.15) is 0 Å². The highest BCUT2D eigenvalue weighted by Crippen LogP contribution is 2.69. The molecule has 0 radical (unpaired) electrons. The van der Waals surface area contributed by atoms with Crippen LogP contribution >= 0.6 is 0 Å². The topological polar surface area (TPSA) is 38.7 Å². The molecule has 3 nitrogen and oxygen atoms in total. The van der Waals surface area contributed by atoms with Gasteiger partial charge in [0.25, 0.3) is 0 Å². The Bertz CT molecular complexity index is 736. The van der Waals surface area contributed by atoms with E-state index in [0.29, 0.717) is 40.6 Å². The van der Waals surface area contributed by atoms with E-state index in [-0.39, 0.29) is 11.9 Å². The summed E-state index contributed by atoms with van der Waals surface area (Å²) in [7, 11) is 0. The minimum absolute atomic E-state index is 0.0661. The third-order valence-corrected chi connectivity index (χ3v) is 11.3. The smallest absolute Gasteiger partial charge is 0.171 e. The van der Waals surface area contributed by atoms with E-state index in [2.05, 4.69) is 33.8 Å². The maximum atomic E-state index is 10.3.